The molecule has 0 fully saturated rings. The summed E-state index contributed by atoms with van der Waals surface area (Å²) in [6.45, 7) is 4.73. The predicted octanol–water partition coefficient (Wildman–Crippen LogP) is 1.44. The fourth-order valence-corrected chi connectivity index (χ4v) is 0.760. The molecule has 0 unspecified atom stereocenters. The van der Waals surface area contributed by atoms with Crippen LogP contribution in [-0.4, -0.2) is 11.1 Å². The van der Waals surface area contributed by atoms with Crippen molar-refractivity contribution in [3.63, 3.8) is 0 Å². The number of hydrogen-bond acceptors (Lipinski definition) is 2. The van der Waals surface area contributed by atoms with E-state index >= 15 is 0 Å². The second kappa shape index (κ2) is 4.16. The highest BCUT2D eigenvalue weighted by molar-refractivity contribution is 5.06. The van der Waals surface area contributed by atoms with Crippen LogP contribution >= 0.6 is 0 Å². The van der Waals surface area contributed by atoms with E-state index in [4.69, 9.17) is 4.84 Å². The Kier molecular flexibility index (Phi) is 3.14. The normalized spacial score (nSPS) is 10.8. The topological polar surface area (TPSA) is 37.0 Å². The van der Waals surface area contributed by atoms with Gasteiger partial charge in [-0.3, -0.25) is 4.84 Å². The number of H-pyrrole nitrogens is 1. The van der Waals surface area contributed by atoms with Gasteiger partial charge < -0.3 is 4.98 Å². The summed E-state index contributed by atoms with van der Waals surface area (Å²) in [6, 6.07) is 2.01. The molecule has 2 N–H and O–H groups in total. The maximum atomic E-state index is 5.15. The number of nitrogens with one attached hydrogen (secondary N) is 2. The molecular weight excluding hydrogens is 140 g/mol. The van der Waals surface area contributed by atoms with Crippen LogP contribution in [0.2, 0.25) is 0 Å². The molecule has 0 aliphatic rings. The molecule has 0 aliphatic carbocycles. The molecule has 0 saturated heterocycles. The summed E-state index contributed by atoms with van der Waals surface area (Å²) in [5, 5.41) is 0. The van der Waals surface area contributed by atoms with Crippen LogP contribution in [0.15, 0.2) is 18.5 Å². The van der Waals surface area contributed by atoms with Crippen molar-refractivity contribution in [1.82, 2.24) is 10.5 Å². The van der Waals surface area contributed by atoms with E-state index in [0.29, 0.717) is 0 Å². The number of rotatable bonds is 4. The molecule has 0 atom stereocenters. The average Bonchev–Trinajstić information content (AvgIpc) is 2.39. The van der Waals surface area contributed by atoms with Gasteiger partial charge in [0.25, 0.3) is 0 Å². The zero-order valence-electron chi connectivity index (χ0n) is 6.92. The third-order valence-electron chi connectivity index (χ3n) is 1.26. The van der Waals surface area contributed by atoms with E-state index in [1.807, 2.05) is 32.3 Å². The van der Waals surface area contributed by atoms with Crippen molar-refractivity contribution in [1.29, 1.82) is 0 Å². The molecule has 0 radical (unpaired) electrons. The highest BCUT2D eigenvalue weighted by Gasteiger charge is 1.93. The summed E-state index contributed by atoms with van der Waals surface area (Å²) >= 11 is 0. The monoisotopic (exact) mass is 154 g/mol. The third kappa shape index (κ3) is 3.20. The highest BCUT2D eigenvalue weighted by Crippen LogP contribution is 1.95. The molecule has 0 aromatic carbocycles. The lowest BCUT2D eigenvalue weighted by atomic mass is 10.3. The molecule has 3 nitrogen and oxygen atoms in total. The summed E-state index contributed by atoms with van der Waals surface area (Å²) in [5.41, 5.74) is 4.07. The lowest BCUT2D eigenvalue weighted by Crippen LogP contribution is -2.18. The Morgan fingerprint density at radius 3 is 3.00 bits per heavy atom. The first kappa shape index (κ1) is 8.30. The van der Waals surface area contributed by atoms with Gasteiger partial charge in [-0.05, 0) is 25.5 Å². The molecule has 1 rings (SSSR count). The summed E-state index contributed by atoms with van der Waals surface area (Å²) in [7, 11) is 0. The summed E-state index contributed by atoms with van der Waals surface area (Å²) in [5.74, 6) is 0. The minimum Gasteiger partial charge on any atom is -0.367 e. The van der Waals surface area contributed by atoms with Crippen molar-refractivity contribution in [2.24, 2.45) is 0 Å². The van der Waals surface area contributed by atoms with E-state index in [0.717, 1.165) is 6.54 Å². The van der Waals surface area contributed by atoms with Gasteiger partial charge >= 0.3 is 0 Å². The van der Waals surface area contributed by atoms with Crippen LogP contribution in [0, 0.1) is 0 Å². The molecule has 11 heavy (non-hydrogen) atoms. The summed E-state index contributed by atoms with van der Waals surface area (Å²) in [4.78, 5) is 8.12. The predicted molar refractivity (Wildman–Crippen MR) is 43.9 cm³/mol. The van der Waals surface area contributed by atoms with Crippen molar-refractivity contribution in [3.8, 4) is 0 Å². The smallest absolute Gasteiger partial charge is 0.0734 e. The summed E-state index contributed by atoms with van der Waals surface area (Å²) < 4.78 is 0. The van der Waals surface area contributed by atoms with Crippen LogP contribution in [0.25, 0.3) is 0 Å². The van der Waals surface area contributed by atoms with Crippen LogP contribution in [0.1, 0.15) is 19.4 Å². The van der Waals surface area contributed by atoms with Gasteiger partial charge in [-0.1, -0.05) is 0 Å². The van der Waals surface area contributed by atoms with E-state index < -0.39 is 0 Å². The zero-order valence-corrected chi connectivity index (χ0v) is 6.92. The molecule has 3 heteroatoms. The van der Waals surface area contributed by atoms with E-state index in [1.165, 1.54) is 5.56 Å². The maximum absolute atomic E-state index is 5.15. The van der Waals surface area contributed by atoms with Gasteiger partial charge in [0, 0.05) is 18.9 Å². The first-order chi connectivity index (χ1) is 5.29. The maximum Gasteiger partial charge on any atom is 0.0734 e. The third-order valence-corrected chi connectivity index (χ3v) is 1.26. The van der Waals surface area contributed by atoms with Crippen LogP contribution in [-0.2, 0) is 11.4 Å². The van der Waals surface area contributed by atoms with Crippen molar-refractivity contribution in [2.45, 2.75) is 26.5 Å². The van der Waals surface area contributed by atoms with Crippen molar-refractivity contribution < 1.29 is 4.84 Å². The Morgan fingerprint density at radius 1 is 1.64 bits per heavy atom. The molecular formula is C8H14N2O. The molecule has 1 aromatic rings. The molecule has 1 heterocycles. The quantitative estimate of drug-likeness (QED) is 0.644. The minimum absolute atomic E-state index is 0.231. The largest absolute Gasteiger partial charge is 0.367 e. The van der Waals surface area contributed by atoms with Crippen LogP contribution in [0.4, 0.5) is 0 Å². The van der Waals surface area contributed by atoms with Crippen molar-refractivity contribution >= 4 is 0 Å². The average molecular weight is 154 g/mol. The SMILES string of the molecule is CC(C)ONCc1cc[nH]c1. The van der Waals surface area contributed by atoms with Gasteiger partial charge in [0.1, 0.15) is 0 Å². The fourth-order valence-electron chi connectivity index (χ4n) is 0.760. The Labute approximate surface area is 66.7 Å². The van der Waals surface area contributed by atoms with Gasteiger partial charge in [-0.25, -0.2) is 0 Å². The Morgan fingerprint density at radius 2 is 2.45 bits per heavy atom. The van der Waals surface area contributed by atoms with Crippen molar-refractivity contribution in [2.75, 3.05) is 0 Å². The van der Waals surface area contributed by atoms with Gasteiger partial charge in [-0.2, -0.15) is 5.48 Å². The first-order valence-corrected chi connectivity index (χ1v) is 3.79. The Hall–Kier alpha value is -0.800. The van der Waals surface area contributed by atoms with Crippen LogP contribution in [0.5, 0.6) is 0 Å². The van der Waals surface area contributed by atoms with E-state index in [-0.39, 0.29) is 6.10 Å². The fraction of sp³-hybridized carbons (Fsp3) is 0.500. The minimum atomic E-state index is 0.231. The second-order valence-electron chi connectivity index (χ2n) is 2.71. The lowest BCUT2D eigenvalue weighted by molar-refractivity contribution is -0.00881. The lowest BCUT2D eigenvalue weighted by Gasteiger charge is -2.06. The first-order valence-electron chi connectivity index (χ1n) is 3.79. The zero-order chi connectivity index (χ0) is 8.10. The van der Waals surface area contributed by atoms with E-state index in [9.17, 15) is 0 Å². The number of aromatic amines is 1. The summed E-state index contributed by atoms with van der Waals surface area (Å²) in [6.07, 6.45) is 4.07. The molecule has 0 aliphatic heterocycles. The van der Waals surface area contributed by atoms with E-state index in [2.05, 4.69) is 10.5 Å². The molecule has 62 valence electrons. The van der Waals surface area contributed by atoms with Gasteiger partial charge in [0.05, 0.1) is 6.10 Å². The molecule has 0 bridgehead atoms. The van der Waals surface area contributed by atoms with Gasteiger partial charge in [-0.15, -0.1) is 0 Å². The standard InChI is InChI=1S/C8H14N2O/c1-7(2)11-10-6-8-3-4-9-5-8/h3-5,7,9-10H,6H2,1-2H3. The molecule has 0 spiro atoms. The van der Waals surface area contributed by atoms with Gasteiger partial charge in [0.2, 0.25) is 0 Å². The number of hydroxylamine groups is 1. The molecule has 0 amide bonds. The Bertz CT molecular complexity index is 182. The van der Waals surface area contributed by atoms with E-state index in [1.54, 1.807) is 0 Å². The highest BCUT2D eigenvalue weighted by atomic mass is 16.7. The van der Waals surface area contributed by atoms with Crippen LogP contribution in [0.3, 0.4) is 0 Å². The van der Waals surface area contributed by atoms with Crippen molar-refractivity contribution in [3.05, 3.63) is 24.0 Å². The second-order valence-corrected chi connectivity index (χ2v) is 2.71. The van der Waals surface area contributed by atoms with Crippen LogP contribution < -0.4 is 5.48 Å². The molecule has 1 aromatic heterocycles. The molecule has 0 saturated carbocycles. The number of aromatic nitrogens is 1. The Balaban J connectivity index is 2.14. The number of hydrogen-bond donors (Lipinski definition) is 2. The van der Waals surface area contributed by atoms with Gasteiger partial charge in [0.15, 0.2) is 0 Å².